The molecule has 0 aliphatic heterocycles. The summed E-state index contributed by atoms with van der Waals surface area (Å²) in [4.78, 5) is 15.3. The van der Waals surface area contributed by atoms with Crippen LogP contribution in [0.4, 0.5) is 0 Å². The number of rotatable bonds is 7. The zero-order valence-electron chi connectivity index (χ0n) is 33.4. The Morgan fingerprint density at radius 3 is 1.65 bits per heavy atom. The minimum absolute atomic E-state index is 0.584. The van der Waals surface area contributed by atoms with Gasteiger partial charge in [0, 0.05) is 55.1 Å². The van der Waals surface area contributed by atoms with E-state index in [1.807, 2.05) is 54.6 Å². The molecule has 6 heteroatoms. The zero-order valence-corrected chi connectivity index (χ0v) is 33.4. The van der Waals surface area contributed by atoms with Crippen LogP contribution >= 0.6 is 0 Å². The highest BCUT2D eigenvalue weighted by Crippen LogP contribution is 2.42. The average Bonchev–Trinajstić information content (AvgIpc) is 3.95. The minimum atomic E-state index is 0.584. The molecule has 0 radical (unpaired) electrons. The van der Waals surface area contributed by atoms with Gasteiger partial charge in [0.2, 0.25) is 0 Å². The molecule has 0 amide bonds. The predicted octanol–water partition coefficient (Wildman–Crippen LogP) is 14.2. The van der Waals surface area contributed by atoms with E-state index in [1.54, 1.807) is 0 Å². The highest BCUT2D eigenvalue weighted by molar-refractivity contribution is 6.10. The summed E-state index contributed by atoms with van der Waals surface area (Å²) in [5, 5.41) is 9.92. The summed E-state index contributed by atoms with van der Waals surface area (Å²) < 4.78 is 8.55. The van der Waals surface area contributed by atoms with Crippen molar-refractivity contribution in [2.75, 3.05) is 0 Å². The third-order valence-electron chi connectivity index (χ3n) is 11.7. The van der Waals surface area contributed by atoms with Gasteiger partial charge >= 0.3 is 0 Å². The first kappa shape index (κ1) is 35.5. The standard InChI is InChI=1S/C56H35N5O/c1-4-16-36(17-5-1)48-35-42-22-10-11-25-44(42)52-50(37-18-6-2-7-19-37)51(60-61(48)52)38-30-32-40(33-31-38)55-57-54(39-20-8-3-9-21-39)58-56(59-55)43-24-14-23-41(34-43)45-27-15-28-47-46-26-12-13-29-49(46)62-53(45)47/h1-35H. The summed E-state index contributed by atoms with van der Waals surface area (Å²) in [6.45, 7) is 0. The van der Waals surface area contributed by atoms with E-state index in [4.69, 9.17) is 24.5 Å². The molecule has 4 aromatic heterocycles. The summed E-state index contributed by atoms with van der Waals surface area (Å²) >= 11 is 0. The van der Waals surface area contributed by atoms with Gasteiger partial charge in [0.25, 0.3) is 0 Å². The van der Waals surface area contributed by atoms with Crippen molar-refractivity contribution in [2.24, 2.45) is 0 Å². The first-order valence-electron chi connectivity index (χ1n) is 20.7. The Balaban J connectivity index is 1.000. The number of hydrogen-bond acceptors (Lipinski definition) is 5. The number of fused-ring (bicyclic) bond motifs is 6. The van der Waals surface area contributed by atoms with Crippen molar-refractivity contribution in [3.63, 3.8) is 0 Å². The summed E-state index contributed by atoms with van der Waals surface area (Å²) in [6, 6.07) is 73.3. The lowest BCUT2D eigenvalue weighted by Crippen LogP contribution is -2.00. The molecule has 4 heterocycles. The van der Waals surface area contributed by atoms with Crippen LogP contribution in [0.25, 0.3) is 117 Å². The topological polar surface area (TPSA) is 69.1 Å². The molecule has 0 atom stereocenters. The van der Waals surface area contributed by atoms with Crippen molar-refractivity contribution in [2.45, 2.75) is 0 Å². The van der Waals surface area contributed by atoms with E-state index in [0.29, 0.717) is 17.5 Å². The Bertz CT molecular complexity index is 3610. The van der Waals surface area contributed by atoms with Gasteiger partial charge in [0.1, 0.15) is 16.9 Å². The largest absolute Gasteiger partial charge is 0.455 e. The fourth-order valence-electron chi connectivity index (χ4n) is 8.71. The van der Waals surface area contributed by atoms with Gasteiger partial charge in [-0.05, 0) is 34.7 Å². The number of furan rings is 1. The summed E-state index contributed by atoms with van der Waals surface area (Å²) in [5.41, 5.74) is 13.7. The van der Waals surface area contributed by atoms with Gasteiger partial charge in [-0.25, -0.2) is 19.5 Å². The number of para-hydroxylation sites is 2. The summed E-state index contributed by atoms with van der Waals surface area (Å²) in [7, 11) is 0. The fourth-order valence-corrected chi connectivity index (χ4v) is 8.71. The fraction of sp³-hybridized carbons (Fsp3) is 0. The Morgan fingerprint density at radius 2 is 0.903 bits per heavy atom. The third-order valence-corrected chi connectivity index (χ3v) is 11.7. The number of pyridine rings is 1. The van der Waals surface area contributed by atoms with Crippen molar-refractivity contribution in [1.82, 2.24) is 24.6 Å². The van der Waals surface area contributed by atoms with Crippen molar-refractivity contribution < 1.29 is 4.42 Å². The smallest absolute Gasteiger partial charge is 0.164 e. The molecular formula is C56H35N5O. The Kier molecular flexibility index (Phi) is 8.38. The molecule has 0 N–H and O–H groups in total. The van der Waals surface area contributed by atoms with Gasteiger partial charge in [0.15, 0.2) is 17.5 Å². The Morgan fingerprint density at radius 1 is 0.371 bits per heavy atom. The maximum absolute atomic E-state index is 6.43. The molecule has 290 valence electrons. The maximum atomic E-state index is 6.43. The van der Waals surface area contributed by atoms with Crippen molar-refractivity contribution in [3.8, 4) is 78.9 Å². The monoisotopic (exact) mass is 793 g/mol. The number of hydrogen-bond donors (Lipinski definition) is 0. The van der Waals surface area contributed by atoms with Gasteiger partial charge < -0.3 is 4.42 Å². The van der Waals surface area contributed by atoms with Crippen LogP contribution in [-0.2, 0) is 0 Å². The molecule has 12 aromatic rings. The van der Waals surface area contributed by atoms with E-state index in [9.17, 15) is 0 Å². The number of benzene rings is 8. The molecule has 0 saturated carbocycles. The number of nitrogens with zero attached hydrogens (tertiary/aromatic N) is 5. The highest BCUT2D eigenvalue weighted by atomic mass is 16.3. The van der Waals surface area contributed by atoms with Crippen LogP contribution < -0.4 is 0 Å². The molecule has 6 nitrogen and oxygen atoms in total. The minimum Gasteiger partial charge on any atom is -0.455 e. The first-order chi connectivity index (χ1) is 30.7. The molecule has 0 bridgehead atoms. The second kappa shape index (κ2) is 14.7. The highest BCUT2D eigenvalue weighted by Gasteiger charge is 2.22. The van der Waals surface area contributed by atoms with E-state index in [1.165, 1.54) is 0 Å². The molecular weight excluding hydrogens is 759 g/mol. The van der Waals surface area contributed by atoms with Crippen molar-refractivity contribution in [1.29, 1.82) is 0 Å². The maximum Gasteiger partial charge on any atom is 0.164 e. The SMILES string of the molecule is c1ccc(-c2nc(-c3ccc(-c4nn5c(-c6ccccc6)cc6ccccc6c5c4-c4ccccc4)cc3)nc(-c3cccc(-c4cccc5c4oc4ccccc45)c3)n2)cc1. The molecule has 0 aliphatic rings. The van der Waals surface area contributed by atoms with Gasteiger partial charge in [-0.1, -0.05) is 194 Å². The van der Waals surface area contributed by atoms with Crippen LogP contribution in [0.5, 0.6) is 0 Å². The first-order valence-corrected chi connectivity index (χ1v) is 20.7. The average molecular weight is 794 g/mol. The lowest BCUT2D eigenvalue weighted by molar-refractivity contribution is 0.670. The molecule has 0 aliphatic carbocycles. The van der Waals surface area contributed by atoms with Crippen molar-refractivity contribution in [3.05, 3.63) is 212 Å². The summed E-state index contributed by atoms with van der Waals surface area (Å²) in [6.07, 6.45) is 0. The normalized spacial score (nSPS) is 11.5. The van der Waals surface area contributed by atoms with E-state index in [2.05, 4.69) is 162 Å². The molecule has 12 rings (SSSR count). The third kappa shape index (κ3) is 6.04. The predicted molar refractivity (Wildman–Crippen MR) is 251 cm³/mol. The zero-order chi connectivity index (χ0) is 41.0. The van der Waals surface area contributed by atoms with Crippen molar-refractivity contribution >= 4 is 38.2 Å². The quantitative estimate of drug-likeness (QED) is 0.161. The summed E-state index contributed by atoms with van der Waals surface area (Å²) in [5.74, 6) is 1.77. The van der Waals surface area contributed by atoms with Gasteiger partial charge in [-0.15, -0.1) is 0 Å². The lowest BCUT2D eigenvalue weighted by Gasteiger charge is -2.11. The molecule has 0 unspecified atom stereocenters. The van der Waals surface area contributed by atoms with Crippen LogP contribution in [0, 0.1) is 0 Å². The Labute approximate surface area is 357 Å². The van der Waals surface area contributed by atoms with E-state index < -0.39 is 0 Å². The van der Waals surface area contributed by atoms with Gasteiger partial charge in [0.05, 0.1) is 11.2 Å². The van der Waals surface area contributed by atoms with Crippen LogP contribution in [0.3, 0.4) is 0 Å². The van der Waals surface area contributed by atoms with Crippen LogP contribution in [-0.4, -0.2) is 24.6 Å². The van der Waals surface area contributed by atoms with Gasteiger partial charge in [-0.2, -0.15) is 5.10 Å². The molecule has 62 heavy (non-hydrogen) atoms. The second-order valence-corrected chi connectivity index (χ2v) is 15.4. The van der Waals surface area contributed by atoms with E-state index >= 15 is 0 Å². The Hall–Kier alpha value is -8.48. The van der Waals surface area contributed by atoms with E-state index in [-0.39, 0.29) is 0 Å². The molecule has 0 fully saturated rings. The van der Waals surface area contributed by atoms with Crippen LogP contribution in [0.2, 0.25) is 0 Å². The van der Waals surface area contributed by atoms with Crippen LogP contribution in [0.1, 0.15) is 0 Å². The van der Waals surface area contributed by atoms with E-state index in [0.717, 1.165) is 99.7 Å². The molecule has 0 spiro atoms. The lowest BCUT2D eigenvalue weighted by atomic mass is 9.96. The van der Waals surface area contributed by atoms with Gasteiger partial charge in [-0.3, -0.25) is 0 Å². The second-order valence-electron chi connectivity index (χ2n) is 15.4. The number of aromatic nitrogens is 5. The van der Waals surface area contributed by atoms with Crippen LogP contribution in [0.15, 0.2) is 217 Å². The molecule has 8 aromatic carbocycles. The molecule has 0 saturated heterocycles.